The van der Waals surface area contributed by atoms with E-state index in [1.54, 1.807) is 13.0 Å². The topological polar surface area (TPSA) is 47.3 Å². The lowest BCUT2D eigenvalue weighted by Crippen LogP contribution is -2.05. The number of sulfone groups is 1. The normalized spacial score (nSPS) is 12.1. The number of furan rings is 1. The summed E-state index contributed by atoms with van der Waals surface area (Å²) >= 11 is 0. The van der Waals surface area contributed by atoms with E-state index in [9.17, 15) is 8.42 Å². The minimum absolute atomic E-state index is 0.0157. The number of rotatable bonds is 3. The van der Waals surface area contributed by atoms with Gasteiger partial charge in [-0.05, 0) is 12.1 Å². The fourth-order valence-electron chi connectivity index (χ4n) is 1.43. The van der Waals surface area contributed by atoms with Crippen molar-refractivity contribution in [2.45, 2.75) is 12.7 Å². The Bertz CT molecular complexity index is 533. The van der Waals surface area contributed by atoms with Gasteiger partial charge in [0.15, 0.2) is 9.84 Å². The highest BCUT2D eigenvalue weighted by Crippen LogP contribution is 2.20. The Kier molecular flexibility index (Phi) is 2.52. The van der Waals surface area contributed by atoms with Gasteiger partial charge in [0.25, 0.3) is 0 Å². The zero-order valence-electron chi connectivity index (χ0n) is 8.43. The van der Waals surface area contributed by atoms with Gasteiger partial charge in [0.2, 0.25) is 0 Å². The van der Waals surface area contributed by atoms with Gasteiger partial charge in [-0.1, -0.05) is 25.1 Å². The molecule has 2 rings (SSSR count). The SMILES string of the molecule is CCS(=O)(=O)Cc1cc2ccccc2o1. The summed E-state index contributed by atoms with van der Waals surface area (Å²) in [6, 6.07) is 9.28. The molecule has 0 unspecified atom stereocenters. The van der Waals surface area contributed by atoms with Crippen molar-refractivity contribution in [2.75, 3.05) is 5.75 Å². The molecule has 0 atom stereocenters. The molecule has 0 amide bonds. The molecule has 0 N–H and O–H groups in total. The van der Waals surface area contributed by atoms with Crippen LogP contribution in [0, 0.1) is 0 Å². The first-order valence-electron chi connectivity index (χ1n) is 4.78. The van der Waals surface area contributed by atoms with Gasteiger partial charge in [-0.3, -0.25) is 0 Å². The average molecular weight is 224 g/mol. The minimum Gasteiger partial charge on any atom is -0.460 e. The smallest absolute Gasteiger partial charge is 0.157 e. The Hall–Kier alpha value is -1.29. The molecule has 80 valence electrons. The molecular weight excluding hydrogens is 212 g/mol. The summed E-state index contributed by atoms with van der Waals surface area (Å²) in [5.74, 6) is 0.639. The number of benzene rings is 1. The van der Waals surface area contributed by atoms with Gasteiger partial charge in [-0.2, -0.15) is 0 Å². The summed E-state index contributed by atoms with van der Waals surface area (Å²) in [5, 5.41) is 0.943. The molecule has 0 saturated carbocycles. The number of para-hydroxylation sites is 1. The van der Waals surface area contributed by atoms with Crippen molar-refractivity contribution in [1.29, 1.82) is 0 Å². The summed E-state index contributed by atoms with van der Waals surface area (Å²) in [6.07, 6.45) is 0. The molecule has 0 bridgehead atoms. The van der Waals surface area contributed by atoms with Gasteiger partial charge < -0.3 is 4.42 Å². The highest BCUT2D eigenvalue weighted by molar-refractivity contribution is 7.90. The van der Waals surface area contributed by atoms with Gasteiger partial charge in [0, 0.05) is 11.1 Å². The maximum absolute atomic E-state index is 11.4. The minimum atomic E-state index is -3.01. The molecule has 0 aliphatic heterocycles. The van der Waals surface area contributed by atoms with E-state index in [2.05, 4.69) is 0 Å². The molecule has 0 radical (unpaired) electrons. The summed E-state index contributed by atoms with van der Waals surface area (Å²) in [7, 11) is -3.01. The summed E-state index contributed by atoms with van der Waals surface area (Å²) in [4.78, 5) is 0. The molecule has 0 saturated heterocycles. The van der Waals surface area contributed by atoms with Crippen LogP contribution in [-0.2, 0) is 15.6 Å². The van der Waals surface area contributed by atoms with Crippen LogP contribution < -0.4 is 0 Å². The lowest BCUT2D eigenvalue weighted by Gasteiger charge is -1.95. The third kappa shape index (κ3) is 2.21. The third-order valence-corrected chi connectivity index (χ3v) is 3.88. The highest BCUT2D eigenvalue weighted by Gasteiger charge is 2.12. The van der Waals surface area contributed by atoms with Crippen LogP contribution in [0.5, 0.6) is 0 Å². The summed E-state index contributed by atoms with van der Waals surface area (Å²) < 4.78 is 28.2. The molecule has 1 aromatic heterocycles. The Morgan fingerprint density at radius 1 is 1.27 bits per heavy atom. The lowest BCUT2D eigenvalue weighted by atomic mass is 10.2. The molecule has 0 spiro atoms. The Balaban J connectivity index is 2.38. The zero-order valence-corrected chi connectivity index (χ0v) is 9.25. The van der Waals surface area contributed by atoms with E-state index >= 15 is 0 Å². The standard InChI is InChI=1S/C11H12O3S/c1-2-15(12,13)8-10-7-9-5-3-4-6-11(9)14-10/h3-7H,2,8H2,1H3. The first kappa shape index (κ1) is 10.2. The fraction of sp³-hybridized carbons (Fsp3) is 0.273. The number of hydrogen-bond donors (Lipinski definition) is 0. The van der Waals surface area contributed by atoms with E-state index in [1.165, 1.54) is 0 Å². The van der Waals surface area contributed by atoms with Crippen molar-refractivity contribution < 1.29 is 12.8 Å². The van der Waals surface area contributed by atoms with E-state index in [4.69, 9.17) is 4.42 Å². The van der Waals surface area contributed by atoms with Crippen molar-refractivity contribution in [3.05, 3.63) is 36.1 Å². The maximum atomic E-state index is 11.4. The molecule has 1 heterocycles. The molecule has 0 aliphatic rings. The third-order valence-electron chi connectivity index (χ3n) is 2.28. The summed E-state index contributed by atoms with van der Waals surface area (Å²) in [6.45, 7) is 1.64. The van der Waals surface area contributed by atoms with Crippen molar-refractivity contribution in [2.24, 2.45) is 0 Å². The van der Waals surface area contributed by atoms with Crippen LogP contribution in [0.25, 0.3) is 11.0 Å². The van der Waals surface area contributed by atoms with Gasteiger partial charge in [-0.15, -0.1) is 0 Å². The molecular formula is C11H12O3S. The second-order valence-electron chi connectivity index (χ2n) is 3.43. The Morgan fingerprint density at radius 2 is 2.00 bits per heavy atom. The van der Waals surface area contributed by atoms with Crippen LogP contribution in [0.2, 0.25) is 0 Å². The quantitative estimate of drug-likeness (QED) is 0.804. The number of hydrogen-bond acceptors (Lipinski definition) is 3. The van der Waals surface area contributed by atoms with Gasteiger partial charge in [0.05, 0.1) is 0 Å². The van der Waals surface area contributed by atoms with Crippen molar-refractivity contribution in [3.8, 4) is 0 Å². The molecule has 0 fully saturated rings. The highest BCUT2D eigenvalue weighted by atomic mass is 32.2. The average Bonchev–Trinajstić information content (AvgIpc) is 2.58. The Labute approximate surface area is 88.6 Å². The van der Waals surface area contributed by atoms with Crippen LogP contribution in [0.3, 0.4) is 0 Å². The lowest BCUT2D eigenvalue weighted by molar-refractivity contribution is 0.555. The van der Waals surface area contributed by atoms with Crippen LogP contribution in [0.15, 0.2) is 34.7 Å². The largest absolute Gasteiger partial charge is 0.460 e. The molecule has 1 aromatic carbocycles. The number of fused-ring (bicyclic) bond motifs is 1. The molecule has 0 aliphatic carbocycles. The van der Waals surface area contributed by atoms with Gasteiger partial charge >= 0.3 is 0 Å². The zero-order chi connectivity index (χ0) is 10.9. The fourth-order valence-corrected chi connectivity index (χ4v) is 2.21. The maximum Gasteiger partial charge on any atom is 0.157 e. The van der Waals surface area contributed by atoms with E-state index in [0.29, 0.717) is 5.76 Å². The van der Waals surface area contributed by atoms with Crippen LogP contribution >= 0.6 is 0 Å². The van der Waals surface area contributed by atoms with Gasteiger partial charge in [-0.25, -0.2) is 8.42 Å². The molecule has 4 heteroatoms. The second kappa shape index (κ2) is 3.70. The first-order chi connectivity index (χ1) is 7.11. The van der Waals surface area contributed by atoms with E-state index < -0.39 is 9.84 Å². The van der Waals surface area contributed by atoms with E-state index in [1.807, 2.05) is 24.3 Å². The molecule has 15 heavy (non-hydrogen) atoms. The summed E-state index contributed by atoms with van der Waals surface area (Å²) in [5.41, 5.74) is 0.735. The monoisotopic (exact) mass is 224 g/mol. The second-order valence-corrected chi connectivity index (χ2v) is 5.78. The van der Waals surface area contributed by atoms with Crippen LogP contribution in [-0.4, -0.2) is 14.2 Å². The van der Waals surface area contributed by atoms with Crippen molar-refractivity contribution >= 4 is 20.8 Å². The predicted octanol–water partition coefficient (Wildman–Crippen LogP) is 2.37. The molecule has 2 aromatic rings. The van der Waals surface area contributed by atoms with Crippen molar-refractivity contribution in [3.63, 3.8) is 0 Å². The first-order valence-corrected chi connectivity index (χ1v) is 6.61. The van der Waals surface area contributed by atoms with Crippen LogP contribution in [0.1, 0.15) is 12.7 Å². The van der Waals surface area contributed by atoms with Crippen molar-refractivity contribution in [1.82, 2.24) is 0 Å². The Morgan fingerprint density at radius 3 is 2.67 bits per heavy atom. The predicted molar refractivity (Wildman–Crippen MR) is 59.4 cm³/mol. The van der Waals surface area contributed by atoms with E-state index in [0.717, 1.165) is 11.0 Å². The van der Waals surface area contributed by atoms with Crippen LogP contribution in [0.4, 0.5) is 0 Å². The van der Waals surface area contributed by atoms with Gasteiger partial charge in [0.1, 0.15) is 17.1 Å². The molecule has 3 nitrogen and oxygen atoms in total. The van der Waals surface area contributed by atoms with E-state index in [-0.39, 0.29) is 11.5 Å².